The first-order valence-electron chi connectivity index (χ1n) is 6.26. The molecule has 94 valence electrons. The standard InChI is InChI=1S/C13H20N2OS/c14-10-13(5-1-2-6-13)12(16)15-7-3-11-4-8-17-9-11/h4,8-9H,1-3,5-7,10,14H2,(H,15,16). The Labute approximate surface area is 106 Å². The van der Waals surface area contributed by atoms with Gasteiger partial charge in [0.2, 0.25) is 5.91 Å². The Kier molecular flexibility index (Phi) is 4.18. The van der Waals surface area contributed by atoms with Crippen molar-refractivity contribution in [1.29, 1.82) is 0 Å². The summed E-state index contributed by atoms with van der Waals surface area (Å²) in [5.74, 6) is 0.160. The van der Waals surface area contributed by atoms with E-state index in [0.29, 0.717) is 6.54 Å². The minimum Gasteiger partial charge on any atom is -0.355 e. The van der Waals surface area contributed by atoms with Gasteiger partial charge in [-0.15, -0.1) is 0 Å². The van der Waals surface area contributed by atoms with E-state index in [9.17, 15) is 4.79 Å². The van der Waals surface area contributed by atoms with Crippen LogP contribution in [0, 0.1) is 5.41 Å². The highest BCUT2D eigenvalue weighted by molar-refractivity contribution is 7.07. The van der Waals surface area contributed by atoms with Crippen molar-refractivity contribution in [2.24, 2.45) is 11.1 Å². The predicted molar refractivity (Wildman–Crippen MR) is 71.0 cm³/mol. The molecule has 0 aromatic carbocycles. The zero-order valence-electron chi connectivity index (χ0n) is 10.1. The van der Waals surface area contributed by atoms with E-state index < -0.39 is 0 Å². The summed E-state index contributed by atoms with van der Waals surface area (Å²) in [4.78, 5) is 12.1. The summed E-state index contributed by atoms with van der Waals surface area (Å²) < 4.78 is 0. The molecule has 4 heteroatoms. The molecule has 2 rings (SSSR count). The van der Waals surface area contributed by atoms with Gasteiger partial charge in [-0.3, -0.25) is 4.79 Å². The van der Waals surface area contributed by atoms with Crippen molar-refractivity contribution < 1.29 is 4.79 Å². The number of nitrogens with one attached hydrogen (secondary N) is 1. The van der Waals surface area contributed by atoms with Crippen LogP contribution < -0.4 is 11.1 Å². The normalized spacial score (nSPS) is 18.2. The van der Waals surface area contributed by atoms with Crippen LogP contribution in [-0.4, -0.2) is 19.0 Å². The molecule has 1 amide bonds. The van der Waals surface area contributed by atoms with Crippen LogP contribution >= 0.6 is 11.3 Å². The first kappa shape index (κ1) is 12.6. The van der Waals surface area contributed by atoms with Crippen molar-refractivity contribution in [2.75, 3.05) is 13.1 Å². The molecular weight excluding hydrogens is 232 g/mol. The molecule has 0 radical (unpaired) electrons. The summed E-state index contributed by atoms with van der Waals surface area (Å²) in [6.07, 6.45) is 5.09. The van der Waals surface area contributed by atoms with E-state index in [4.69, 9.17) is 5.73 Å². The minimum atomic E-state index is -0.269. The van der Waals surface area contributed by atoms with E-state index in [0.717, 1.165) is 38.6 Å². The number of rotatable bonds is 5. The van der Waals surface area contributed by atoms with Crippen LogP contribution in [0.4, 0.5) is 0 Å². The average Bonchev–Trinajstić information content (AvgIpc) is 3.00. The molecule has 1 aliphatic carbocycles. The Morgan fingerprint density at radius 3 is 2.82 bits per heavy atom. The maximum absolute atomic E-state index is 12.1. The smallest absolute Gasteiger partial charge is 0.227 e. The van der Waals surface area contributed by atoms with Gasteiger partial charge in [0.05, 0.1) is 5.41 Å². The van der Waals surface area contributed by atoms with Crippen LogP contribution in [0.1, 0.15) is 31.2 Å². The third-order valence-corrected chi connectivity index (χ3v) is 4.44. The summed E-state index contributed by atoms with van der Waals surface area (Å²) >= 11 is 1.69. The summed E-state index contributed by atoms with van der Waals surface area (Å²) in [7, 11) is 0. The average molecular weight is 252 g/mol. The van der Waals surface area contributed by atoms with Gasteiger partial charge in [0.1, 0.15) is 0 Å². The molecule has 3 nitrogen and oxygen atoms in total. The molecule has 3 N–H and O–H groups in total. The van der Waals surface area contributed by atoms with Gasteiger partial charge < -0.3 is 11.1 Å². The fourth-order valence-electron chi connectivity index (χ4n) is 2.52. The Morgan fingerprint density at radius 2 is 2.24 bits per heavy atom. The zero-order chi connectivity index (χ0) is 12.1. The Bertz CT molecular complexity index is 356. The molecule has 0 bridgehead atoms. The Hall–Kier alpha value is -0.870. The molecule has 0 unspecified atom stereocenters. The van der Waals surface area contributed by atoms with Gasteiger partial charge in [-0.1, -0.05) is 12.8 Å². The van der Waals surface area contributed by atoms with Crippen molar-refractivity contribution in [3.8, 4) is 0 Å². The second-order valence-corrected chi connectivity index (χ2v) is 5.61. The maximum atomic E-state index is 12.1. The molecule has 0 spiro atoms. The third kappa shape index (κ3) is 2.87. The van der Waals surface area contributed by atoms with E-state index in [1.807, 2.05) is 0 Å². The van der Waals surface area contributed by atoms with Crippen LogP contribution in [0.15, 0.2) is 16.8 Å². The van der Waals surface area contributed by atoms with Gasteiger partial charge in [0, 0.05) is 13.1 Å². The zero-order valence-corrected chi connectivity index (χ0v) is 10.9. The van der Waals surface area contributed by atoms with Gasteiger partial charge in [0.15, 0.2) is 0 Å². The van der Waals surface area contributed by atoms with Crippen molar-refractivity contribution in [3.63, 3.8) is 0 Å². The lowest BCUT2D eigenvalue weighted by molar-refractivity contribution is -0.130. The first-order chi connectivity index (χ1) is 8.27. The quantitative estimate of drug-likeness (QED) is 0.841. The maximum Gasteiger partial charge on any atom is 0.227 e. The molecule has 1 saturated carbocycles. The van der Waals surface area contributed by atoms with Gasteiger partial charge in [0.25, 0.3) is 0 Å². The van der Waals surface area contributed by atoms with Crippen LogP contribution in [0.5, 0.6) is 0 Å². The fourth-order valence-corrected chi connectivity index (χ4v) is 3.22. The first-order valence-corrected chi connectivity index (χ1v) is 7.21. The SMILES string of the molecule is NCC1(C(=O)NCCc2ccsc2)CCCC1. The molecular formula is C13H20N2OS. The van der Waals surface area contributed by atoms with Gasteiger partial charge in [-0.05, 0) is 41.7 Å². The molecule has 1 aromatic rings. The van der Waals surface area contributed by atoms with Crippen molar-refractivity contribution in [3.05, 3.63) is 22.4 Å². The highest BCUT2D eigenvalue weighted by Gasteiger charge is 2.39. The topological polar surface area (TPSA) is 55.1 Å². The van der Waals surface area contributed by atoms with Crippen LogP contribution in [0.2, 0.25) is 0 Å². The van der Waals surface area contributed by atoms with Crippen molar-refractivity contribution in [1.82, 2.24) is 5.32 Å². The lowest BCUT2D eigenvalue weighted by Gasteiger charge is -2.25. The number of carbonyl (C=O) groups excluding carboxylic acids is 1. The number of hydrogen-bond donors (Lipinski definition) is 2. The third-order valence-electron chi connectivity index (χ3n) is 3.71. The monoisotopic (exact) mass is 252 g/mol. The largest absolute Gasteiger partial charge is 0.355 e. The molecule has 1 aromatic heterocycles. The van der Waals surface area contributed by atoms with E-state index >= 15 is 0 Å². The van der Waals surface area contributed by atoms with Crippen LogP contribution in [0.25, 0.3) is 0 Å². The number of carbonyl (C=O) groups is 1. The van der Waals surface area contributed by atoms with Crippen molar-refractivity contribution in [2.45, 2.75) is 32.1 Å². The molecule has 0 atom stereocenters. The Balaban J connectivity index is 1.80. The second-order valence-electron chi connectivity index (χ2n) is 4.83. The van der Waals surface area contributed by atoms with E-state index in [1.54, 1.807) is 11.3 Å². The van der Waals surface area contributed by atoms with Crippen LogP contribution in [0.3, 0.4) is 0 Å². The lowest BCUT2D eigenvalue weighted by atomic mass is 9.85. The van der Waals surface area contributed by atoms with Crippen LogP contribution in [-0.2, 0) is 11.2 Å². The highest BCUT2D eigenvalue weighted by Crippen LogP contribution is 2.37. The summed E-state index contributed by atoms with van der Waals surface area (Å²) in [6.45, 7) is 1.20. The number of hydrogen-bond acceptors (Lipinski definition) is 3. The molecule has 17 heavy (non-hydrogen) atoms. The molecule has 1 fully saturated rings. The minimum absolute atomic E-state index is 0.160. The van der Waals surface area contributed by atoms with E-state index in [2.05, 4.69) is 22.1 Å². The summed E-state index contributed by atoms with van der Waals surface area (Å²) in [6, 6.07) is 2.10. The lowest BCUT2D eigenvalue weighted by Crippen LogP contribution is -2.44. The predicted octanol–water partition coefficient (Wildman–Crippen LogP) is 1.93. The number of thiophene rings is 1. The number of nitrogens with two attached hydrogens (primary N) is 1. The summed E-state index contributed by atoms with van der Waals surface area (Å²) in [5, 5.41) is 7.23. The molecule has 0 saturated heterocycles. The highest BCUT2D eigenvalue weighted by atomic mass is 32.1. The van der Waals surface area contributed by atoms with Gasteiger partial charge in [-0.2, -0.15) is 11.3 Å². The fraction of sp³-hybridized carbons (Fsp3) is 0.615. The summed E-state index contributed by atoms with van der Waals surface area (Å²) in [5.41, 5.74) is 6.80. The van der Waals surface area contributed by atoms with Gasteiger partial charge >= 0.3 is 0 Å². The molecule has 1 aliphatic rings. The van der Waals surface area contributed by atoms with Crippen molar-refractivity contribution >= 4 is 17.2 Å². The van der Waals surface area contributed by atoms with Gasteiger partial charge in [-0.25, -0.2) is 0 Å². The number of amides is 1. The second kappa shape index (κ2) is 5.65. The molecule has 1 heterocycles. The van der Waals surface area contributed by atoms with E-state index in [1.165, 1.54) is 5.56 Å². The van der Waals surface area contributed by atoms with E-state index in [-0.39, 0.29) is 11.3 Å². The Morgan fingerprint density at radius 1 is 1.47 bits per heavy atom. The molecule has 0 aliphatic heterocycles.